The fraction of sp³-hybridized carbons (Fsp3) is 0.318. The highest BCUT2D eigenvalue weighted by molar-refractivity contribution is 6.10. The van der Waals surface area contributed by atoms with Crippen LogP contribution in [0, 0.1) is 13.8 Å². The van der Waals surface area contributed by atoms with Crippen LogP contribution in [0.5, 0.6) is 5.88 Å². The molecule has 1 aromatic carbocycles. The van der Waals surface area contributed by atoms with Gasteiger partial charge in [-0.1, -0.05) is 0 Å². The van der Waals surface area contributed by atoms with E-state index in [2.05, 4.69) is 15.1 Å². The monoisotopic (exact) mass is 436 g/mol. The summed E-state index contributed by atoms with van der Waals surface area (Å²) in [6, 6.07) is 3.82. The number of nitrogen functional groups attached to an aromatic ring is 1. The molecule has 3 aromatic rings. The normalized spacial score (nSPS) is 14.0. The first-order chi connectivity index (χ1) is 15.1. The highest BCUT2D eigenvalue weighted by Crippen LogP contribution is 2.34. The number of anilines is 2. The van der Waals surface area contributed by atoms with Crippen molar-refractivity contribution >= 4 is 23.4 Å². The first-order valence-corrected chi connectivity index (χ1v) is 10.1. The number of nitrogens with two attached hydrogens (primary N) is 1. The minimum absolute atomic E-state index is 0.0745. The van der Waals surface area contributed by atoms with Crippen LogP contribution in [0.1, 0.15) is 35.3 Å². The van der Waals surface area contributed by atoms with Gasteiger partial charge < -0.3 is 20.5 Å². The summed E-state index contributed by atoms with van der Waals surface area (Å²) in [5.74, 6) is -1.03. The lowest BCUT2D eigenvalue weighted by molar-refractivity contribution is -0.146. The molecule has 166 valence electrons. The van der Waals surface area contributed by atoms with Crippen LogP contribution in [0.2, 0.25) is 0 Å². The van der Waals surface area contributed by atoms with E-state index >= 15 is 0 Å². The smallest absolute Gasteiger partial charge is 0.331 e. The molecule has 10 heteroatoms. The molecule has 0 radical (unpaired) electrons. The van der Waals surface area contributed by atoms with Crippen molar-refractivity contribution in [2.75, 3.05) is 23.8 Å². The number of benzene rings is 1. The number of aliphatic carboxylic acids is 1. The van der Waals surface area contributed by atoms with Crippen molar-refractivity contribution in [1.29, 1.82) is 0 Å². The van der Waals surface area contributed by atoms with Gasteiger partial charge in [-0.05, 0) is 56.5 Å². The summed E-state index contributed by atoms with van der Waals surface area (Å²) in [5, 5.41) is 13.7. The SMILES string of the molecule is Cc1cc(N2CCOc3ncnc(N)c3C2=O)cc(C)c1-c1cnn(C(C)(C)C(=O)O)c1. The molecule has 0 unspecified atom stereocenters. The van der Waals surface area contributed by atoms with Crippen LogP contribution >= 0.6 is 0 Å². The van der Waals surface area contributed by atoms with E-state index < -0.39 is 11.5 Å². The number of carboxylic acids is 1. The molecular weight excluding hydrogens is 412 g/mol. The van der Waals surface area contributed by atoms with Crippen molar-refractivity contribution in [3.05, 3.63) is 47.5 Å². The van der Waals surface area contributed by atoms with E-state index in [1.807, 2.05) is 26.0 Å². The molecule has 2 aromatic heterocycles. The third-order valence-electron chi connectivity index (χ3n) is 5.65. The van der Waals surface area contributed by atoms with Gasteiger partial charge in [-0.3, -0.25) is 9.48 Å². The molecule has 3 N–H and O–H groups in total. The highest BCUT2D eigenvalue weighted by Gasteiger charge is 2.31. The number of amides is 1. The molecule has 32 heavy (non-hydrogen) atoms. The molecule has 0 bridgehead atoms. The molecule has 0 atom stereocenters. The first-order valence-electron chi connectivity index (χ1n) is 10.1. The number of ether oxygens (including phenoxy) is 1. The number of hydrogen-bond acceptors (Lipinski definition) is 7. The number of nitrogens with zero attached hydrogens (tertiary/aromatic N) is 5. The van der Waals surface area contributed by atoms with Crippen molar-refractivity contribution in [3.8, 4) is 17.0 Å². The Balaban J connectivity index is 1.73. The van der Waals surface area contributed by atoms with Gasteiger partial charge >= 0.3 is 5.97 Å². The Morgan fingerprint density at radius 3 is 2.53 bits per heavy atom. The van der Waals surface area contributed by atoms with Crippen molar-refractivity contribution in [3.63, 3.8) is 0 Å². The van der Waals surface area contributed by atoms with Crippen LogP contribution in [-0.4, -0.2) is 49.9 Å². The van der Waals surface area contributed by atoms with E-state index in [9.17, 15) is 14.7 Å². The second kappa shape index (κ2) is 7.63. The van der Waals surface area contributed by atoms with E-state index in [0.717, 1.165) is 22.3 Å². The number of aryl methyl sites for hydroxylation is 2. The Kier molecular flexibility index (Phi) is 5.08. The molecule has 0 aliphatic carbocycles. The molecule has 1 amide bonds. The summed E-state index contributed by atoms with van der Waals surface area (Å²) < 4.78 is 7.04. The zero-order valence-corrected chi connectivity index (χ0v) is 18.3. The zero-order chi connectivity index (χ0) is 23.2. The standard InChI is InChI=1S/C22H24N6O4/c1-12-7-15(27-5-6-32-19-17(20(27)29)18(23)24-11-25-19)8-13(2)16(12)14-9-26-28(10-14)22(3,4)21(30)31/h7-11H,5-6H2,1-4H3,(H,30,31)(H2,23,24,25). The second-order valence-corrected chi connectivity index (χ2v) is 8.24. The summed E-state index contributed by atoms with van der Waals surface area (Å²) in [6.45, 7) is 7.67. The van der Waals surface area contributed by atoms with Crippen molar-refractivity contribution in [2.24, 2.45) is 0 Å². The zero-order valence-electron chi connectivity index (χ0n) is 18.3. The quantitative estimate of drug-likeness (QED) is 0.636. The maximum Gasteiger partial charge on any atom is 0.331 e. The second-order valence-electron chi connectivity index (χ2n) is 8.24. The molecule has 0 saturated carbocycles. The van der Waals surface area contributed by atoms with Crippen molar-refractivity contribution < 1.29 is 19.4 Å². The van der Waals surface area contributed by atoms with Crippen molar-refractivity contribution in [1.82, 2.24) is 19.7 Å². The predicted octanol–water partition coefficient (Wildman–Crippen LogP) is 2.40. The molecule has 0 fully saturated rings. The van der Waals surface area contributed by atoms with Crippen LogP contribution in [0.25, 0.3) is 11.1 Å². The average Bonchev–Trinajstić information content (AvgIpc) is 3.13. The minimum Gasteiger partial charge on any atom is -0.479 e. The maximum absolute atomic E-state index is 13.2. The number of rotatable bonds is 4. The van der Waals surface area contributed by atoms with E-state index in [-0.39, 0.29) is 29.8 Å². The number of fused-ring (bicyclic) bond motifs is 1. The Bertz CT molecular complexity index is 1210. The third-order valence-corrected chi connectivity index (χ3v) is 5.65. The van der Waals surface area contributed by atoms with Gasteiger partial charge in [0.25, 0.3) is 5.91 Å². The number of hydrogen-bond donors (Lipinski definition) is 2. The Morgan fingerprint density at radius 1 is 1.19 bits per heavy atom. The lowest BCUT2D eigenvalue weighted by Crippen LogP contribution is -2.35. The fourth-order valence-corrected chi connectivity index (χ4v) is 3.82. The molecule has 4 rings (SSSR count). The number of carbonyl (C=O) groups is 2. The molecule has 0 spiro atoms. The highest BCUT2D eigenvalue weighted by atomic mass is 16.5. The Hall–Kier alpha value is -3.95. The third kappa shape index (κ3) is 3.43. The van der Waals surface area contributed by atoms with E-state index in [4.69, 9.17) is 10.5 Å². The van der Waals surface area contributed by atoms with Crippen LogP contribution in [0.3, 0.4) is 0 Å². The molecule has 1 aliphatic heterocycles. The molecule has 0 saturated heterocycles. The van der Waals surface area contributed by atoms with E-state index in [0.29, 0.717) is 12.2 Å². The molecule has 3 heterocycles. The summed E-state index contributed by atoms with van der Waals surface area (Å²) in [5.41, 5.74) is 9.19. The summed E-state index contributed by atoms with van der Waals surface area (Å²) >= 11 is 0. The summed E-state index contributed by atoms with van der Waals surface area (Å²) in [6.07, 6.45) is 4.65. The first kappa shape index (κ1) is 21.3. The van der Waals surface area contributed by atoms with Crippen LogP contribution in [0.15, 0.2) is 30.9 Å². The molecule has 1 aliphatic rings. The van der Waals surface area contributed by atoms with Gasteiger partial charge in [-0.15, -0.1) is 0 Å². The van der Waals surface area contributed by atoms with Gasteiger partial charge in [0.1, 0.15) is 24.3 Å². The van der Waals surface area contributed by atoms with Crippen LogP contribution < -0.4 is 15.4 Å². The van der Waals surface area contributed by atoms with Gasteiger partial charge in [0.2, 0.25) is 5.88 Å². The van der Waals surface area contributed by atoms with Gasteiger partial charge in [-0.25, -0.2) is 14.8 Å². The van der Waals surface area contributed by atoms with Gasteiger partial charge in [-0.2, -0.15) is 5.10 Å². The molecular formula is C22H24N6O4. The van der Waals surface area contributed by atoms with Gasteiger partial charge in [0.15, 0.2) is 5.54 Å². The van der Waals surface area contributed by atoms with Gasteiger partial charge in [0.05, 0.1) is 12.7 Å². The lowest BCUT2D eigenvalue weighted by Gasteiger charge is -2.23. The topological polar surface area (TPSA) is 136 Å². The van der Waals surface area contributed by atoms with Crippen LogP contribution in [0.4, 0.5) is 11.5 Å². The number of aromatic nitrogens is 4. The van der Waals surface area contributed by atoms with Gasteiger partial charge in [0, 0.05) is 17.4 Å². The number of carbonyl (C=O) groups excluding carboxylic acids is 1. The fourth-order valence-electron chi connectivity index (χ4n) is 3.82. The van der Waals surface area contributed by atoms with Crippen LogP contribution in [-0.2, 0) is 10.3 Å². The largest absolute Gasteiger partial charge is 0.479 e. The maximum atomic E-state index is 13.2. The minimum atomic E-state index is -1.17. The summed E-state index contributed by atoms with van der Waals surface area (Å²) in [7, 11) is 0. The number of carboxylic acid groups (broad SMARTS) is 1. The Labute approximate surface area is 184 Å². The van der Waals surface area contributed by atoms with Crippen molar-refractivity contribution in [2.45, 2.75) is 33.2 Å². The predicted molar refractivity (Wildman–Crippen MR) is 118 cm³/mol. The van der Waals surface area contributed by atoms with E-state index in [1.54, 1.807) is 31.1 Å². The molecule has 10 nitrogen and oxygen atoms in total. The average molecular weight is 436 g/mol. The van der Waals surface area contributed by atoms with E-state index in [1.165, 1.54) is 11.0 Å². The summed E-state index contributed by atoms with van der Waals surface area (Å²) in [4.78, 5) is 34.4. The lowest BCUT2D eigenvalue weighted by atomic mass is 9.96. The Morgan fingerprint density at radius 2 is 1.88 bits per heavy atom.